The van der Waals surface area contributed by atoms with Crippen LogP contribution in [0, 0.1) is 5.92 Å². The van der Waals surface area contributed by atoms with Crippen molar-refractivity contribution in [3.63, 3.8) is 0 Å². The minimum absolute atomic E-state index is 0.180. The Kier molecular flexibility index (Phi) is 4.83. The van der Waals surface area contributed by atoms with Crippen LogP contribution in [0.4, 0.5) is 0 Å². The molecule has 1 atom stereocenters. The second-order valence-electron chi connectivity index (χ2n) is 3.41. The third kappa shape index (κ3) is 3.60. The highest BCUT2D eigenvalue weighted by Gasteiger charge is 2.21. The van der Waals surface area contributed by atoms with E-state index in [1.165, 1.54) is 22.7 Å². The Labute approximate surface area is 80.7 Å². The average Bonchev–Trinajstić information content (AvgIpc) is 2.03. The molecule has 0 aromatic heterocycles. The van der Waals surface area contributed by atoms with Gasteiger partial charge < -0.3 is 5.73 Å². The average molecular weight is 209 g/mol. The first kappa shape index (κ1) is 12.8. The molecule has 0 heterocycles. The third-order valence-electron chi connectivity index (χ3n) is 1.83. The van der Waals surface area contributed by atoms with Gasteiger partial charge in [0.15, 0.2) is 0 Å². The molecule has 2 N–H and O–H groups in total. The third-order valence-corrected chi connectivity index (χ3v) is 3.69. The van der Waals surface area contributed by atoms with E-state index < -0.39 is 10.2 Å². The second kappa shape index (κ2) is 4.90. The normalized spacial score (nSPS) is 15.3. The molecule has 0 aromatic rings. The van der Waals surface area contributed by atoms with Crippen molar-refractivity contribution in [1.82, 2.24) is 8.61 Å². The standard InChI is InChI=1S/C7H19N3O2S/c1-7(5-8)6-10(4)13(11,12)9(2)3/h7H,5-6,8H2,1-4H3. The van der Waals surface area contributed by atoms with E-state index >= 15 is 0 Å². The molecule has 80 valence electrons. The first-order valence-corrected chi connectivity index (χ1v) is 5.56. The van der Waals surface area contributed by atoms with Crippen molar-refractivity contribution >= 4 is 10.2 Å². The van der Waals surface area contributed by atoms with Gasteiger partial charge in [-0.1, -0.05) is 6.92 Å². The van der Waals surface area contributed by atoms with Crippen LogP contribution in [0.25, 0.3) is 0 Å². The van der Waals surface area contributed by atoms with Crippen molar-refractivity contribution in [1.29, 1.82) is 0 Å². The summed E-state index contributed by atoms with van der Waals surface area (Å²) in [4.78, 5) is 0. The molecule has 0 spiro atoms. The summed E-state index contributed by atoms with van der Waals surface area (Å²) >= 11 is 0. The van der Waals surface area contributed by atoms with E-state index in [-0.39, 0.29) is 5.92 Å². The summed E-state index contributed by atoms with van der Waals surface area (Å²) in [5.41, 5.74) is 5.40. The number of hydrogen-bond acceptors (Lipinski definition) is 3. The van der Waals surface area contributed by atoms with Crippen LogP contribution in [0.1, 0.15) is 6.92 Å². The van der Waals surface area contributed by atoms with Crippen LogP contribution < -0.4 is 5.73 Å². The molecule has 6 heteroatoms. The van der Waals surface area contributed by atoms with Crippen molar-refractivity contribution < 1.29 is 8.42 Å². The molecule has 13 heavy (non-hydrogen) atoms. The summed E-state index contributed by atoms with van der Waals surface area (Å²) in [5, 5.41) is 0. The Balaban J connectivity index is 4.35. The highest BCUT2D eigenvalue weighted by atomic mass is 32.2. The van der Waals surface area contributed by atoms with Gasteiger partial charge >= 0.3 is 0 Å². The molecule has 0 amide bonds. The van der Waals surface area contributed by atoms with E-state index in [4.69, 9.17) is 5.73 Å². The molecule has 0 radical (unpaired) electrons. The predicted molar refractivity (Wildman–Crippen MR) is 53.5 cm³/mol. The lowest BCUT2D eigenvalue weighted by atomic mass is 10.2. The van der Waals surface area contributed by atoms with E-state index in [1.807, 2.05) is 6.92 Å². The van der Waals surface area contributed by atoms with Crippen molar-refractivity contribution in [2.45, 2.75) is 6.92 Å². The molecule has 0 saturated heterocycles. The fourth-order valence-corrected chi connectivity index (χ4v) is 1.89. The van der Waals surface area contributed by atoms with Crippen molar-refractivity contribution in [2.75, 3.05) is 34.2 Å². The van der Waals surface area contributed by atoms with E-state index in [1.54, 1.807) is 7.05 Å². The number of rotatable bonds is 5. The lowest BCUT2D eigenvalue weighted by Gasteiger charge is -2.23. The van der Waals surface area contributed by atoms with Crippen LogP contribution >= 0.6 is 0 Å². The Bertz CT molecular complexity index is 238. The minimum atomic E-state index is -3.27. The molecule has 0 fully saturated rings. The molecule has 0 saturated carbocycles. The van der Waals surface area contributed by atoms with Crippen LogP contribution in [-0.4, -0.2) is 51.3 Å². The van der Waals surface area contributed by atoms with Crippen LogP contribution in [0.3, 0.4) is 0 Å². The monoisotopic (exact) mass is 209 g/mol. The summed E-state index contributed by atoms with van der Waals surface area (Å²) in [6.45, 7) is 2.87. The smallest absolute Gasteiger partial charge is 0.281 e. The van der Waals surface area contributed by atoms with Gasteiger partial charge in [-0.3, -0.25) is 0 Å². The first-order valence-electron chi connectivity index (χ1n) is 4.16. The molecule has 1 unspecified atom stereocenters. The number of nitrogens with two attached hydrogens (primary N) is 1. The summed E-state index contributed by atoms with van der Waals surface area (Å²) < 4.78 is 25.5. The largest absolute Gasteiger partial charge is 0.330 e. The van der Waals surface area contributed by atoms with Crippen molar-refractivity contribution in [3.05, 3.63) is 0 Å². The zero-order chi connectivity index (χ0) is 10.6. The summed E-state index contributed by atoms with van der Waals surface area (Å²) in [7, 11) is 1.31. The van der Waals surface area contributed by atoms with Crippen LogP contribution in [0.15, 0.2) is 0 Å². The Morgan fingerprint density at radius 2 is 1.77 bits per heavy atom. The molecule has 0 bridgehead atoms. The molecule has 0 rings (SSSR count). The Morgan fingerprint density at radius 1 is 1.31 bits per heavy atom. The molecule has 0 aliphatic heterocycles. The van der Waals surface area contributed by atoms with E-state index in [9.17, 15) is 8.42 Å². The van der Waals surface area contributed by atoms with Crippen molar-refractivity contribution in [3.8, 4) is 0 Å². The van der Waals surface area contributed by atoms with Crippen LogP contribution in [-0.2, 0) is 10.2 Å². The van der Waals surface area contributed by atoms with Gasteiger partial charge in [-0.15, -0.1) is 0 Å². The van der Waals surface area contributed by atoms with Crippen LogP contribution in [0.2, 0.25) is 0 Å². The maximum atomic E-state index is 11.5. The molecular formula is C7H19N3O2S. The fourth-order valence-electron chi connectivity index (χ4n) is 0.886. The number of hydrogen-bond donors (Lipinski definition) is 1. The summed E-state index contributed by atoms with van der Waals surface area (Å²) in [5.74, 6) is 0.180. The zero-order valence-electron chi connectivity index (χ0n) is 8.69. The van der Waals surface area contributed by atoms with Gasteiger partial charge in [-0.25, -0.2) is 0 Å². The van der Waals surface area contributed by atoms with Gasteiger partial charge in [0.1, 0.15) is 0 Å². The molecule has 5 nitrogen and oxygen atoms in total. The Hall–Kier alpha value is -0.170. The highest BCUT2D eigenvalue weighted by molar-refractivity contribution is 7.86. The first-order chi connectivity index (χ1) is 5.82. The van der Waals surface area contributed by atoms with Gasteiger partial charge in [0.25, 0.3) is 10.2 Å². The van der Waals surface area contributed by atoms with Crippen LogP contribution in [0.5, 0.6) is 0 Å². The summed E-state index contributed by atoms with van der Waals surface area (Å²) in [6, 6.07) is 0. The molecule has 0 aliphatic rings. The number of nitrogens with zero attached hydrogens (tertiary/aromatic N) is 2. The molecular weight excluding hydrogens is 190 g/mol. The SMILES string of the molecule is CC(CN)CN(C)S(=O)(=O)N(C)C. The maximum Gasteiger partial charge on any atom is 0.281 e. The summed E-state index contributed by atoms with van der Waals surface area (Å²) in [6.07, 6.45) is 0. The fraction of sp³-hybridized carbons (Fsp3) is 1.00. The van der Waals surface area contributed by atoms with E-state index in [0.29, 0.717) is 13.1 Å². The van der Waals surface area contributed by atoms with Gasteiger partial charge in [-0.05, 0) is 12.5 Å². The maximum absolute atomic E-state index is 11.5. The highest BCUT2D eigenvalue weighted by Crippen LogP contribution is 2.04. The molecule has 0 aliphatic carbocycles. The van der Waals surface area contributed by atoms with Gasteiger partial charge in [-0.2, -0.15) is 17.0 Å². The Morgan fingerprint density at radius 3 is 2.08 bits per heavy atom. The topological polar surface area (TPSA) is 66.6 Å². The van der Waals surface area contributed by atoms with Gasteiger partial charge in [0, 0.05) is 27.7 Å². The zero-order valence-corrected chi connectivity index (χ0v) is 9.50. The van der Waals surface area contributed by atoms with E-state index in [0.717, 1.165) is 0 Å². The minimum Gasteiger partial charge on any atom is -0.330 e. The van der Waals surface area contributed by atoms with Gasteiger partial charge in [0.2, 0.25) is 0 Å². The lowest BCUT2D eigenvalue weighted by molar-refractivity contribution is 0.375. The predicted octanol–water partition coefficient (Wildman–Crippen LogP) is -0.681. The lowest BCUT2D eigenvalue weighted by Crippen LogP contribution is -2.40. The van der Waals surface area contributed by atoms with E-state index in [2.05, 4.69) is 0 Å². The quantitative estimate of drug-likeness (QED) is 0.652. The van der Waals surface area contributed by atoms with Gasteiger partial charge in [0.05, 0.1) is 0 Å². The second-order valence-corrected chi connectivity index (χ2v) is 5.66. The molecule has 0 aromatic carbocycles. The van der Waals surface area contributed by atoms with Crippen molar-refractivity contribution in [2.24, 2.45) is 11.7 Å².